The van der Waals surface area contributed by atoms with Crippen LogP contribution in [0.25, 0.3) is 0 Å². The molecule has 0 aromatic heterocycles. The minimum absolute atomic E-state index is 0.0312. The molecule has 0 bridgehead atoms. The Hall–Kier alpha value is -1.95. The zero-order valence-corrected chi connectivity index (χ0v) is 16.5. The van der Waals surface area contributed by atoms with E-state index in [0.717, 1.165) is 43.2 Å². The second-order valence-electron chi connectivity index (χ2n) is 8.53. The van der Waals surface area contributed by atoms with Crippen molar-refractivity contribution in [2.24, 2.45) is 0 Å². The third-order valence-corrected chi connectivity index (χ3v) is 6.90. The second kappa shape index (κ2) is 7.47. The number of piperazine rings is 1. The number of hydrogen-bond acceptors (Lipinski definition) is 3. The maximum absolute atomic E-state index is 15.2. The largest absolute Gasteiger partial charge is 0.392 e. The maximum Gasteiger partial charge on any atom is 0.260 e. The average Bonchev–Trinajstić information content (AvgIpc) is 2.68. The van der Waals surface area contributed by atoms with Gasteiger partial charge >= 0.3 is 0 Å². The Morgan fingerprint density at radius 1 is 1.11 bits per heavy atom. The highest BCUT2D eigenvalue weighted by Gasteiger charge is 2.51. The summed E-state index contributed by atoms with van der Waals surface area (Å²) in [7, 11) is 0. The van der Waals surface area contributed by atoms with E-state index in [1.54, 1.807) is 17.0 Å². The predicted octanol–water partition coefficient (Wildman–Crippen LogP) is 2.98. The molecule has 1 heterocycles. The summed E-state index contributed by atoms with van der Waals surface area (Å²) in [6.07, 6.45) is 4.88. The Labute approximate surface area is 165 Å². The van der Waals surface area contributed by atoms with Gasteiger partial charge in [0.25, 0.3) is 11.8 Å². The zero-order chi connectivity index (χ0) is 19.9. The van der Waals surface area contributed by atoms with Gasteiger partial charge in [-0.15, -0.1) is 0 Å². The maximum atomic E-state index is 15.2. The molecule has 152 valence electrons. The number of hydrogen-bond donors (Lipinski definition) is 1. The van der Waals surface area contributed by atoms with Gasteiger partial charge in [-0.1, -0.05) is 12.5 Å². The van der Waals surface area contributed by atoms with Crippen molar-refractivity contribution in [3.8, 4) is 0 Å². The molecule has 5 nitrogen and oxygen atoms in total. The van der Waals surface area contributed by atoms with Crippen LogP contribution in [0.1, 0.15) is 66.4 Å². The summed E-state index contributed by atoms with van der Waals surface area (Å²) >= 11 is 0. The molecule has 0 radical (unpaired) electrons. The lowest BCUT2D eigenvalue weighted by molar-refractivity contribution is -0.157. The molecule has 3 aliphatic rings. The van der Waals surface area contributed by atoms with Crippen LogP contribution in [0.5, 0.6) is 0 Å². The number of halogens is 1. The second-order valence-corrected chi connectivity index (χ2v) is 8.53. The van der Waals surface area contributed by atoms with Crippen molar-refractivity contribution < 1.29 is 19.1 Å². The van der Waals surface area contributed by atoms with E-state index in [9.17, 15) is 14.7 Å². The molecule has 28 heavy (non-hydrogen) atoms. The monoisotopic (exact) mass is 388 g/mol. The van der Waals surface area contributed by atoms with E-state index >= 15 is 4.39 Å². The van der Waals surface area contributed by atoms with Crippen molar-refractivity contribution in [1.29, 1.82) is 0 Å². The number of aliphatic hydroxyl groups excluding tert-OH is 1. The Balaban J connectivity index is 1.49. The fourth-order valence-corrected chi connectivity index (χ4v) is 4.97. The summed E-state index contributed by atoms with van der Waals surface area (Å²) in [6.45, 7) is 2.64. The van der Waals surface area contributed by atoms with Crippen LogP contribution in [0.15, 0.2) is 18.2 Å². The fourth-order valence-electron chi connectivity index (χ4n) is 4.97. The number of rotatable bonds is 3. The Kier molecular flexibility index (Phi) is 5.17. The van der Waals surface area contributed by atoms with Crippen LogP contribution in [0, 0.1) is 6.92 Å². The molecular weight excluding hydrogens is 359 g/mol. The van der Waals surface area contributed by atoms with Gasteiger partial charge in [-0.25, -0.2) is 4.39 Å². The normalized spacial score (nSPS) is 26.4. The molecule has 2 atom stereocenters. The molecule has 1 N–H and O–H groups in total. The van der Waals surface area contributed by atoms with Crippen molar-refractivity contribution in [3.63, 3.8) is 0 Å². The number of nitrogens with zero attached hydrogens (tertiary/aromatic N) is 2. The van der Waals surface area contributed by atoms with Gasteiger partial charge in [0.2, 0.25) is 0 Å². The quantitative estimate of drug-likeness (QED) is 0.866. The number of aryl methyl sites for hydroxylation is 1. The third kappa shape index (κ3) is 3.21. The van der Waals surface area contributed by atoms with Gasteiger partial charge in [-0.3, -0.25) is 9.59 Å². The van der Waals surface area contributed by atoms with E-state index in [-0.39, 0.29) is 30.5 Å². The first-order chi connectivity index (χ1) is 13.4. The van der Waals surface area contributed by atoms with Gasteiger partial charge in [0.05, 0.1) is 18.7 Å². The number of aliphatic hydroxyl groups is 1. The van der Waals surface area contributed by atoms with E-state index in [0.29, 0.717) is 31.5 Å². The molecule has 2 saturated carbocycles. The van der Waals surface area contributed by atoms with Gasteiger partial charge in [0.15, 0.2) is 5.67 Å². The summed E-state index contributed by atoms with van der Waals surface area (Å²) in [5.74, 6) is -0.420. The zero-order valence-electron chi connectivity index (χ0n) is 16.5. The number of benzene rings is 1. The fraction of sp³-hybridized carbons (Fsp3) is 0.636. The highest BCUT2D eigenvalue weighted by atomic mass is 19.1. The van der Waals surface area contributed by atoms with E-state index in [1.165, 1.54) is 0 Å². The van der Waals surface area contributed by atoms with Crippen molar-refractivity contribution >= 4 is 11.8 Å². The number of fused-ring (bicyclic) bond motifs is 1. The smallest absolute Gasteiger partial charge is 0.260 e. The molecule has 1 saturated heterocycles. The van der Waals surface area contributed by atoms with Crippen molar-refractivity contribution in [2.75, 3.05) is 13.1 Å². The Morgan fingerprint density at radius 2 is 1.75 bits per heavy atom. The van der Waals surface area contributed by atoms with Crippen LogP contribution in [0.3, 0.4) is 0 Å². The predicted molar refractivity (Wildman–Crippen MR) is 104 cm³/mol. The average molecular weight is 388 g/mol. The van der Waals surface area contributed by atoms with Crippen molar-refractivity contribution in [1.82, 2.24) is 9.80 Å². The van der Waals surface area contributed by atoms with Gasteiger partial charge in [-0.05, 0) is 68.7 Å². The van der Waals surface area contributed by atoms with Gasteiger partial charge in [0, 0.05) is 18.7 Å². The van der Waals surface area contributed by atoms with Gasteiger partial charge in [-0.2, -0.15) is 0 Å². The number of alkyl halides is 1. The van der Waals surface area contributed by atoms with Crippen LogP contribution in [0.2, 0.25) is 0 Å². The molecule has 1 aromatic rings. The van der Waals surface area contributed by atoms with E-state index in [1.807, 2.05) is 17.9 Å². The summed E-state index contributed by atoms with van der Waals surface area (Å²) in [5, 5.41) is 9.48. The lowest BCUT2D eigenvalue weighted by atomic mass is 9.79. The highest BCUT2D eigenvalue weighted by molar-refractivity contribution is 5.95. The first-order valence-corrected chi connectivity index (χ1v) is 10.5. The number of carbonyl (C=O) groups is 2. The lowest BCUT2D eigenvalue weighted by Crippen LogP contribution is -2.69. The molecular formula is C22H29FN2O3. The molecule has 0 spiro atoms. The first kappa shape index (κ1) is 19.4. The molecule has 3 fully saturated rings. The van der Waals surface area contributed by atoms with Crippen LogP contribution >= 0.6 is 0 Å². The Bertz CT molecular complexity index is 775. The highest BCUT2D eigenvalue weighted by Crippen LogP contribution is 2.39. The number of amides is 2. The molecule has 2 amide bonds. The SMILES string of the molecule is Cc1ccc(C(=O)N2CCN(C(=O)C3(F)CCCCC3)[C@@H]3CC[C@H]32)cc1CO. The molecule has 1 aromatic carbocycles. The van der Waals surface area contributed by atoms with E-state index in [2.05, 4.69) is 0 Å². The summed E-state index contributed by atoms with van der Waals surface area (Å²) in [5.41, 5.74) is 0.560. The molecule has 2 aliphatic carbocycles. The van der Waals surface area contributed by atoms with Crippen LogP contribution in [0.4, 0.5) is 4.39 Å². The topological polar surface area (TPSA) is 60.9 Å². The van der Waals surface area contributed by atoms with E-state index in [4.69, 9.17) is 0 Å². The molecule has 6 heteroatoms. The van der Waals surface area contributed by atoms with E-state index < -0.39 is 5.67 Å². The summed E-state index contributed by atoms with van der Waals surface area (Å²) in [4.78, 5) is 29.6. The van der Waals surface area contributed by atoms with Gasteiger partial charge < -0.3 is 14.9 Å². The summed E-state index contributed by atoms with van der Waals surface area (Å²) < 4.78 is 15.2. The van der Waals surface area contributed by atoms with Crippen molar-refractivity contribution in [3.05, 3.63) is 34.9 Å². The minimum atomic E-state index is -1.71. The Morgan fingerprint density at radius 3 is 2.39 bits per heavy atom. The lowest BCUT2D eigenvalue weighted by Gasteiger charge is -2.55. The number of carbonyl (C=O) groups excluding carboxylic acids is 2. The minimum Gasteiger partial charge on any atom is -0.392 e. The van der Waals surface area contributed by atoms with Crippen molar-refractivity contribution in [2.45, 2.75) is 76.2 Å². The standard InChI is InChI=1S/C22H29FN2O3/c1-15-5-6-16(13-17(15)14-26)20(27)24-11-12-25(19-8-7-18(19)24)21(28)22(23)9-3-2-4-10-22/h5-6,13,18-19,26H,2-4,7-12,14H2,1H3/t18-,19-/m1/s1. The third-order valence-electron chi connectivity index (χ3n) is 6.90. The first-order valence-electron chi connectivity index (χ1n) is 10.5. The molecule has 4 rings (SSSR count). The summed E-state index contributed by atoms with van der Waals surface area (Å²) in [6, 6.07) is 5.30. The van der Waals surface area contributed by atoms with Crippen LogP contribution in [-0.2, 0) is 11.4 Å². The molecule has 1 aliphatic heterocycles. The molecule has 0 unspecified atom stereocenters. The van der Waals surface area contributed by atoms with Crippen LogP contribution < -0.4 is 0 Å². The van der Waals surface area contributed by atoms with Gasteiger partial charge in [0.1, 0.15) is 0 Å². The van der Waals surface area contributed by atoms with Crippen LogP contribution in [-0.4, -0.2) is 57.6 Å².